The highest BCUT2D eigenvalue weighted by Crippen LogP contribution is 2.27. The number of aromatic amines is 1. The fraction of sp³-hybridized carbons (Fsp3) is 0.0769. The number of benzene rings is 1. The van der Waals surface area contributed by atoms with Crippen molar-refractivity contribution in [3.63, 3.8) is 0 Å². The lowest BCUT2D eigenvalue weighted by Crippen LogP contribution is -1.83. The average molecular weight is 207 g/mol. The second-order valence-electron chi connectivity index (χ2n) is 3.80. The fourth-order valence-corrected chi connectivity index (χ4v) is 2.06. The molecule has 2 heterocycles. The third kappa shape index (κ3) is 1.04. The summed E-state index contributed by atoms with van der Waals surface area (Å²) in [7, 11) is 0. The van der Waals surface area contributed by atoms with Crippen LogP contribution in [0.3, 0.4) is 0 Å². The van der Waals surface area contributed by atoms with E-state index in [2.05, 4.69) is 16.0 Å². The lowest BCUT2D eigenvalue weighted by Gasteiger charge is -1.98. The second kappa shape index (κ2) is 3.07. The number of nitriles is 1. The van der Waals surface area contributed by atoms with Crippen molar-refractivity contribution >= 4 is 21.9 Å². The number of hydrogen-bond donors (Lipinski definition) is 1. The molecule has 0 saturated heterocycles. The molecule has 0 aliphatic carbocycles. The van der Waals surface area contributed by atoms with E-state index in [0.29, 0.717) is 5.56 Å². The Bertz CT molecular complexity index is 732. The summed E-state index contributed by atoms with van der Waals surface area (Å²) in [4.78, 5) is 7.54. The Morgan fingerprint density at radius 3 is 2.94 bits per heavy atom. The van der Waals surface area contributed by atoms with Gasteiger partial charge in [-0.1, -0.05) is 6.07 Å². The first-order valence-electron chi connectivity index (χ1n) is 5.07. The molecule has 2 aromatic heterocycles. The van der Waals surface area contributed by atoms with Crippen molar-refractivity contribution in [2.24, 2.45) is 0 Å². The van der Waals surface area contributed by atoms with E-state index in [1.807, 2.05) is 31.2 Å². The Labute approximate surface area is 92.3 Å². The van der Waals surface area contributed by atoms with Gasteiger partial charge >= 0.3 is 0 Å². The summed E-state index contributed by atoms with van der Waals surface area (Å²) in [6.07, 6.45) is 1.76. The molecule has 3 rings (SSSR count). The molecule has 0 bridgehead atoms. The minimum atomic E-state index is 0.707. The van der Waals surface area contributed by atoms with Crippen molar-refractivity contribution in [1.29, 1.82) is 5.26 Å². The topological polar surface area (TPSA) is 52.5 Å². The van der Waals surface area contributed by atoms with Gasteiger partial charge in [0.25, 0.3) is 0 Å². The van der Waals surface area contributed by atoms with E-state index in [4.69, 9.17) is 5.26 Å². The highest BCUT2D eigenvalue weighted by atomic mass is 14.8. The lowest BCUT2D eigenvalue weighted by molar-refractivity contribution is 1.33. The summed E-state index contributed by atoms with van der Waals surface area (Å²) in [6, 6.07) is 9.98. The minimum Gasteiger partial charge on any atom is -0.339 e. The molecule has 16 heavy (non-hydrogen) atoms. The SMILES string of the molecule is Cc1c(C#N)ccc2c1[nH]c1ncccc12. The molecule has 76 valence electrons. The van der Waals surface area contributed by atoms with Crippen LogP contribution >= 0.6 is 0 Å². The monoisotopic (exact) mass is 207 g/mol. The molecule has 0 amide bonds. The maximum Gasteiger partial charge on any atom is 0.138 e. The van der Waals surface area contributed by atoms with Crippen molar-refractivity contribution < 1.29 is 0 Å². The first-order valence-corrected chi connectivity index (χ1v) is 5.07. The number of aryl methyl sites for hydroxylation is 1. The lowest BCUT2D eigenvalue weighted by atomic mass is 10.1. The van der Waals surface area contributed by atoms with Gasteiger partial charge in [-0.2, -0.15) is 5.26 Å². The van der Waals surface area contributed by atoms with Gasteiger partial charge in [-0.3, -0.25) is 0 Å². The van der Waals surface area contributed by atoms with Crippen molar-refractivity contribution in [2.45, 2.75) is 6.92 Å². The normalized spacial score (nSPS) is 10.8. The number of pyridine rings is 1. The molecule has 0 aliphatic heterocycles. The van der Waals surface area contributed by atoms with Gasteiger partial charge < -0.3 is 4.98 Å². The molecule has 3 heteroatoms. The van der Waals surface area contributed by atoms with Crippen LogP contribution in [0.15, 0.2) is 30.5 Å². The Hall–Kier alpha value is -2.34. The quantitative estimate of drug-likeness (QED) is 0.616. The Balaban J connectivity index is 2.56. The first kappa shape index (κ1) is 8.93. The first-order chi connectivity index (χ1) is 7.81. The molecule has 1 aromatic carbocycles. The van der Waals surface area contributed by atoms with Crippen molar-refractivity contribution in [3.05, 3.63) is 41.6 Å². The smallest absolute Gasteiger partial charge is 0.138 e. The second-order valence-corrected chi connectivity index (χ2v) is 3.80. The highest BCUT2D eigenvalue weighted by Gasteiger charge is 2.08. The van der Waals surface area contributed by atoms with Crippen LogP contribution in [0.2, 0.25) is 0 Å². The van der Waals surface area contributed by atoms with Crippen molar-refractivity contribution in [2.75, 3.05) is 0 Å². The van der Waals surface area contributed by atoms with Crippen LogP contribution < -0.4 is 0 Å². The predicted octanol–water partition coefficient (Wildman–Crippen LogP) is 2.90. The van der Waals surface area contributed by atoms with E-state index in [1.54, 1.807) is 6.20 Å². The zero-order valence-corrected chi connectivity index (χ0v) is 8.78. The van der Waals surface area contributed by atoms with Crippen LogP contribution in [0, 0.1) is 18.3 Å². The summed E-state index contributed by atoms with van der Waals surface area (Å²) in [5.74, 6) is 0. The van der Waals surface area contributed by atoms with E-state index >= 15 is 0 Å². The van der Waals surface area contributed by atoms with Crippen molar-refractivity contribution in [1.82, 2.24) is 9.97 Å². The molecule has 1 N–H and O–H groups in total. The zero-order chi connectivity index (χ0) is 11.1. The number of nitrogens with zero attached hydrogens (tertiary/aromatic N) is 2. The minimum absolute atomic E-state index is 0.707. The van der Waals surface area contributed by atoms with Crippen LogP contribution in [0.1, 0.15) is 11.1 Å². The number of fused-ring (bicyclic) bond motifs is 3. The molecule has 0 radical (unpaired) electrons. The van der Waals surface area contributed by atoms with Gasteiger partial charge in [0.1, 0.15) is 5.65 Å². The highest BCUT2D eigenvalue weighted by molar-refractivity contribution is 6.07. The third-order valence-electron chi connectivity index (χ3n) is 2.93. The summed E-state index contributed by atoms with van der Waals surface area (Å²) < 4.78 is 0. The molecular weight excluding hydrogens is 198 g/mol. The zero-order valence-electron chi connectivity index (χ0n) is 8.78. The molecular formula is C13H9N3. The van der Waals surface area contributed by atoms with Crippen LogP contribution in [-0.4, -0.2) is 9.97 Å². The van der Waals surface area contributed by atoms with E-state index in [-0.39, 0.29) is 0 Å². The Morgan fingerprint density at radius 1 is 1.25 bits per heavy atom. The van der Waals surface area contributed by atoms with Crippen molar-refractivity contribution in [3.8, 4) is 6.07 Å². The molecule has 0 aliphatic rings. The van der Waals surface area contributed by atoms with Crippen LogP contribution in [0.5, 0.6) is 0 Å². The van der Waals surface area contributed by atoms with Gasteiger partial charge in [-0.15, -0.1) is 0 Å². The molecule has 0 unspecified atom stereocenters. The van der Waals surface area contributed by atoms with Gasteiger partial charge in [-0.05, 0) is 30.7 Å². The van der Waals surface area contributed by atoms with Gasteiger partial charge in [-0.25, -0.2) is 4.98 Å². The molecule has 3 aromatic rings. The van der Waals surface area contributed by atoms with Gasteiger partial charge in [0.15, 0.2) is 0 Å². The summed E-state index contributed by atoms with van der Waals surface area (Å²) in [6.45, 7) is 1.95. The number of nitrogens with one attached hydrogen (secondary N) is 1. The Morgan fingerprint density at radius 2 is 2.12 bits per heavy atom. The number of hydrogen-bond acceptors (Lipinski definition) is 2. The van der Waals surface area contributed by atoms with Crippen LogP contribution in [0.25, 0.3) is 21.9 Å². The summed E-state index contributed by atoms with van der Waals surface area (Å²) >= 11 is 0. The predicted molar refractivity (Wildman–Crippen MR) is 63.1 cm³/mol. The summed E-state index contributed by atoms with van der Waals surface area (Å²) in [5.41, 5.74) is 3.57. The molecule has 3 nitrogen and oxygen atoms in total. The Kier molecular flexibility index (Phi) is 1.72. The third-order valence-corrected chi connectivity index (χ3v) is 2.93. The maximum atomic E-state index is 8.97. The van der Waals surface area contributed by atoms with Gasteiger partial charge in [0, 0.05) is 17.0 Å². The maximum absolute atomic E-state index is 8.97. The summed E-state index contributed by atoms with van der Waals surface area (Å²) in [5, 5.41) is 11.2. The standard InChI is InChI=1S/C13H9N3/c1-8-9(7-14)4-5-10-11-3-2-6-15-13(11)16-12(8)10/h2-6H,1H3,(H,15,16). The van der Waals surface area contributed by atoms with Crippen LogP contribution in [0.4, 0.5) is 0 Å². The van der Waals surface area contributed by atoms with E-state index in [0.717, 1.165) is 27.5 Å². The number of H-pyrrole nitrogens is 1. The van der Waals surface area contributed by atoms with Gasteiger partial charge in [0.2, 0.25) is 0 Å². The molecule has 0 atom stereocenters. The molecule has 0 fully saturated rings. The number of aromatic nitrogens is 2. The average Bonchev–Trinajstić information content (AvgIpc) is 2.69. The van der Waals surface area contributed by atoms with E-state index in [9.17, 15) is 0 Å². The molecule has 0 saturated carbocycles. The van der Waals surface area contributed by atoms with E-state index < -0.39 is 0 Å². The van der Waals surface area contributed by atoms with E-state index in [1.165, 1.54) is 0 Å². The largest absolute Gasteiger partial charge is 0.339 e. The number of rotatable bonds is 0. The van der Waals surface area contributed by atoms with Crippen LogP contribution in [-0.2, 0) is 0 Å². The fourth-order valence-electron chi connectivity index (χ4n) is 2.06. The van der Waals surface area contributed by atoms with Gasteiger partial charge in [0.05, 0.1) is 17.1 Å². The molecule has 0 spiro atoms.